The van der Waals surface area contributed by atoms with Crippen LogP contribution < -0.4 is 0 Å². The molecule has 0 amide bonds. The summed E-state index contributed by atoms with van der Waals surface area (Å²) in [6, 6.07) is 7.83. The zero-order valence-electron chi connectivity index (χ0n) is 9.24. The Morgan fingerprint density at radius 2 is 1.26 bits per heavy atom. The molecule has 0 aromatic heterocycles. The lowest BCUT2D eigenvalue weighted by Crippen LogP contribution is -1.95. The molecule has 0 saturated carbocycles. The molecule has 0 saturated heterocycles. The topological polar surface area (TPSA) is 45.0 Å². The van der Waals surface area contributed by atoms with Crippen molar-refractivity contribution >= 4 is 11.4 Å². The zero-order valence-corrected chi connectivity index (χ0v) is 9.24. The van der Waals surface area contributed by atoms with E-state index in [2.05, 4.69) is 10.2 Å². The van der Waals surface area contributed by atoms with Crippen molar-refractivity contribution in [2.75, 3.05) is 0 Å². The Labute approximate surface area is 104 Å². The average Bonchev–Trinajstić information content (AvgIpc) is 2.44. The number of halogens is 4. The third-order valence-corrected chi connectivity index (χ3v) is 2.24. The van der Waals surface area contributed by atoms with Gasteiger partial charge in [-0.3, -0.25) is 0 Å². The van der Waals surface area contributed by atoms with Crippen LogP contribution in [0, 0.1) is 23.3 Å². The standard InChI is InChI=1S/C12H6F4N2O/c13-7-9(15)12(19)10(16)8(14)11(7)18-17-6-4-2-1-3-5-6/h1-5,19H. The van der Waals surface area contributed by atoms with E-state index in [9.17, 15) is 17.6 Å². The van der Waals surface area contributed by atoms with Crippen molar-refractivity contribution in [3.8, 4) is 5.75 Å². The van der Waals surface area contributed by atoms with Crippen LogP contribution in [0.25, 0.3) is 0 Å². The molecule has 0 unspecified atom stereocenters. The molecule has 1 N–H and O–H groups in total. The van der Waals surface area contributed by atoms with Crippen molar-refractivity contribution in [2.24, 2.45) is 10.2 Å². The number of hydrogen-bond donors (Lipinski definition) is 1. The van der Waals surface area contributed by atoms with Crippen molar-refractivity contribution in [1.82, 2.24) is 0 Å². The molecule has 2 rings (SSSR count). The summed E-state index contributed by atoms with van der Waals surface area (Å²) in [6.45, 7) is 0. The smallest absolute Gasteiger partial charge is 0.206 e. The molecule has 0 fully saturated rings. The van der Waals surface area contributed by atoms with Gasteiger partial charge in [0.05, 0.1) is 5.69 Å². The number of aromatic hydroxyl groups is 1. The van der Waals surface area contributed by atoms with Crippen molar-refractivity contribution in [3.63, 3.8) is 0 Å². The molecule has 0 spiro atoms. The van der Waals surface area contributed by atoms with Crippen molar-refractivity contribution in [2.45, 2.75) is 0 Å². The minimum atomic E-state index is -1.92. The van der Waals surface area contributed by atoms with Crippen molar-refractivity contribution in [3.05, 3.63) is 53.6 Å². The number of hydrogen-bond acceptors (Lipinski definition) is 3. The molecule has 0 radical (unpaired) electrons. The monoisotopic (exact) mass is 270 g/mol. The summed E-state index contributed by atoms with van der Waals surface area (Å²) < 4.78 is 52.7. The molecule has 19 heavy (non-hydrogen) atoms. The Kier molecular flexibility index (Phi) is 3.46. The molecule has 98 valence electrons. The van der Waals surface area contributed by atoms with Gasteiger partial charge in [-0.1, -0.05) is 18.2 Å². The molecule has 0 aliphatic rings. The fourth-order valence-corrected chi connectivity index (χ4v) is 1.30. The van der Waals surface area contributed by atoms with Gasteiger partial charge < -0.3 is 5.11 Å². The third-order valence-electron chi connectivity index (χ3n) is 2.24. The van der Waals surface area contributed by atoms with Crippen LogP contribution in [0.2, 0.25) is 0 Å². The van der Waals surface area contributed by atoms with Gasteiger partial charge in [0.2, 0.25) is 11.6 Å². The summed E-state index contributed by atoms with van der Waals surface area (Å²) in [6.07, 6.45) is 0. The number of phenolic OH excluding ortho intramolecular Hbond substituents is 1. The van der Waals surface area contributed by atoms with E-state index >= 15 is 0 Å². The Balaban J connectivity index is 2.50. The highest BCUT2D eigenvalue weighted by atomic mass is 19.2. The number of nitrogens with zero attached hydrogens (tertiary/aromatic N) is 2. The summed E-state index contributed by atoms with van der Waals surface area (Å²) >= 11 is 0. The predicted molar refractivity (Wildman–Crippen MR) is 58.6 cm³/mol. The first-order valence-electron chi connectivity index (χ1n) is 5.04. The molecule has 0 bridgehead atoms. The maximum atomic E-state index is 13.3. The van der Waals surface area contributed by atoms with Crippen LogP contribution in [0.15, 0.2) is 40.6 Å². The van der Waals surface area contributed by atoms with E-state index < -0.39 is 34.7 Å². The van der Waals surface area contributed by atoms with Crippen LogP contribution in [0.3, 0.4) is 0 Å². The highest BCUT2D eigenvalue weighted by Crippen LogP contribution is 2.34. The quantitative estimate of drug-likeness (QED) is 0.491. The Hall–Kier alpha value is -2.44. The number of rotatable bonds is 2. The number of phenols is 1. The highest BCUT2D eigenvalue weighted by molar-refractivity contribution is 5.47. The normalized spacial score (nSPS) is 11.2. The van der Waals surface area contributed by atoms with Gasteiger partial charge in [-0.15, -0.1) is 5.11 Å². The minimum absolute atomic E-state index is 0.246. The van der Waals surface area contributed by atoms with Crippen LogP contribution in [-0.4, -0.2) is 5.11 Å². The van der Waals surface area contributed by atoms with Gasteiger partial charge in [0.25, 0.3) is 0 Å². The lowest BCUT2D eigenvalue weighted by Gasteiger charge is -2.03. The van der Waals surface area contributed by atoms with E-state index in [1.165, 1.54) is 12.1 Å². The molecule has 0 heterocycles. The molecule has 0 aliphatic carbocycles. The fourth-order valence-electron chi connectivity index (χ4n) is 1.30. The Morgan fingerprint density at radius 1 is 0.737 bits per heavy atom. The van der Waals surface area contributed by atoms with Gasteiger partial charge in [-0.25, -0.2) is 8.78 Å². The maximum Gasteiger partial charge on any atom is 0.206 e. The SMILES string of the molecule is Oc1c(F)c(F)c(N=Nc2ccccc2)c(F)c1F. The minimum Gasteiger partial charge on any atom is -0.503 e. The second kappa shape index (κ2) is 5.05. The van der Waals surface area contributed by atoms with Crippen molar-refractivity contribution in [1.29, 1.82) is 0 Å². The van der Waals surface area contributed by atoms with E-state index in [0.29, 0.717) is 0 Å². The van der Waals surface area contributed by atoms with Crippen LogP contribution in [0.1, 0.15) is 0 Å². The van der Waals surface area contributed by atoms with E-state index in [1.54, 1.807) is 18.2 Å². The average molecular weight is 270 g/mol. The summed E-state index contributed by atoms with van der Waals surface area (Å²) in [7, 11) is 0. The predicted octanol–water partition coefficient (Wildman–Crippen LogP) is 4.36. The Morgan fingerprint density at radius 3 is 1.79 bits per heavy atom. The molecule has 2 aromatic carbocycles. The van der Waals surface area contributed by atoms with Gasteiger partial charge in [0, 0.05) is 0 Å². The van der Waals surface area contributed by atoms with Crippen molar-refractivity contribution < 1.29 is 22.7 Å². The van der Waals surface area contributed by atoms with Crippen LogP contribution in [-0.2, 0) is 0 Å². The second-order valence-corrected chi connectivity index (χ2v) is 3.49. The number of benzene rings is 2. The third kappa shape index (κ3) is 2.40. The van der Waals surface area contributed by atoms with Crippen LogP contribution >= 0.6 is 0 Å². The first-order valence-corrected chi connectivity index (χ1v) is 5.04. The first kappa shape index (κ1) is 13.0. The molecular formula is C12H6F4N2O. The van der Waals surface area contributed by atoms with Gasteiger partial charge in [0.1, 0.15) is 0 Å². The van der Waals surface area contributed by atoms with E-state index in [1.807, 2.05) is 0 Å². The molecule has 0 aliphatic heterocycles. The first-order chi connectivity index (χ1) is 9.02. The molecule has 3 nitrogen and oxygen atoms in total. The molecule has 7 heteroatoms. The molecule has 2 aromatic rings. The van der Waals surface area contributed by atoms with Crippen LogP contribution in [0.4, 0.5) is 28.9 Å². The second-order valence-electron chi connectivity index (χ2n) is 3.49. The zero-order chi connectivity index (χ0) is 14.0. The highest BCUT2D eigenvalue weighted by Gasteiger charge is 2.25. The van der Waals surface area contributed by atoms with Gasteiger partial charge in [-0.2, -0.15) is 13.9 Å². The summed E-state index contributed by atoms with van der Waals surface area (Å²) in [5.74, 6) is -9.18. The summed E-state index contributed by atoms with van der Waals surface area (Å²) in [5.41, 5.74) is -0.994. The van der Waals surface area contributed by atoms with Crippen LogP contribution in [0.5, 0.6) is 5.75 Å². The lowest BCUT2D eigenvalue weighted by molar-refractivity contribution is 0.358. The number of azo groups is 1. The van der Waals surface area contributed by atoms with E-state index in [0.717, 1.165) is 0 Å². The molecular weight excluding hydrogens is 264 g/mol. The van der Waals surface area contributed by atoms with Gasteiger partial charge in [-0.05, 0) is 12.1 Å². The van der Waals surface area contributed by atoms with Gasteiger partial charge >= 0.3 is 0 Å². The fraction of sp³-hybridized carbons (Fsp3) is 0. The van der Waals surface area contributed by atoms with E-state index in [4.69, 9.17) is 5.11 Å². The lowest BCUT2D eigenvalue weighted by atomic mass is 10.2. The maximum absolute atomic E-state index is 13.3. The Bertz CT molecular complexity index is 615. The molecule has 0 atom stereocenters. The van der Waals surface area contributed by atoms with E-state index in [-0.39, 0.29) is 5.69 Å². The largest absolute Gasteiger partial charge is 0.503 e. The van der Waals surface area contributed by atoms with Gasteiger partial charge in [0.15, 0.2) is 23.1 Å². The summed E-state index contributed by atoms with van der Waals surface area (Å²) in [4.78, 5) is 0. The summed E-state index contributed by atoms with van der Waals surface area (Å²) in [5, 5.41) is 15.3.